The highest BCUT2D eigenvalue weighted by Gasteiger charge is 2.44. The number of likely N-dealkylation sites (tertiary alicyclic amines) is 1. The highest BCUT2D eigenvalue weighted by molar-refractivity contribution is 7.13. The molecule has 0 saturated carbocycles. The number of amides is 3. The number of nitrogens with zero attached hydrogens (tertiary/aromatic N) is 5. The Hall–Kier alpha value is -7.71. The van der Waals surface area contributed by atoms with E-state index in [9.17, 15) is 19.5 Å². The highest BCUT2D eigenvalue weighted by Crippen LogP contribution is 2.37. The molecule has 7 aromatic rings. The van der Waals surface area contributed by atoms with E-state index in [0.717, 1.165) is 97.2 Å². The lowest BCUT2D eigenvalue weighted by Gasteiger charge is -2.35. The van der Waals surface area contributed by atoms with Gasteiger partial charge in [-0.3, -0.25) is 29.3 Å². The third kappa shape index (κ3) is 18.0. The molecule has 9 rings (SSSR count). The van der Waals surface area contributed by atoms with Crippen molar-refractivity contribution in [1.29, 1.82) is 0 Å². The predicted octanol–water partition coefficient (Wildman–Crippen LogP) is 11.1. The number of aliphatic hydroxyl groups is 1. The van der Waals surface area contributed by atoms with Gasteiger partial charge in [-0.2, -0.15) is 0 Å². The first kappa shape index (κ1) is 64.8. The summed E-state index contributed by atoms with van der Waals surface area (Å²) in [7, 11) is 0. The van der Waals surface area contributed by atoms with Crippen LogP contribution in [0.2, 0.25) is 0 Å². The minimum atomic E-state index is -0.931. The van der Waals surface area contributed by atoms with E-state index in [4.69, 9.17) is 33.7 Å². The Morgan fingerprint density at radius 1 is 0.750 bits per heavy atom. The standard InChI is InChI=1S/C70H84N8O9S/c1-7-27-87-62-39-58(22-23-60(62)64-47(2)36-57(44-73-64)65-54(38-56(43-74-65)55-13-10-25-71-42-55)21-15-49-14-18-51-11-8-9-12-53(51)37-49)72-26-29-84-31-33-86-35-34-85-32-30-83-28-24-63(80)77-67(70(4,5)6)69(82)78-45-59(79)40-61(78)68(81)75-41-50-16-19-52(20-17-50)66-48(3)76-46-88-66/h10,13-23,25,36-39,42-44,46,59,61,67,72,79H,7-9,11-12,24,26-35,40-41,45H2,1-6H3,(H,75,81)(H,77,80)/b21-15+/t59-,61+,67-/m1/s1. The summed E-state index contributed by atoms with van der Waals surface area (Å²) in [5.41, 5.74) is 16.6. The van der Waals surface area contributed by atoms with E-state index in [1.807, 2.05) is 94.3 Å². The second kappa shape index (κ2) is 32.0. The number of nitrogens with one attached hydrogen (secondary N) is 3. The van der Waals surface area contributed by atoms with Crippen LogP contribution < -0.4 is 20.7 Å². The lowest BCUT2D eigenvalue weighted by atomic mass is 9.85. The van der Waals surface area contributed by atoms with E-state index in [0.29, 0.717) is 52.8 Å². The molecule has 0 unspecified atom stereocenters. The molecule has 2 aliphatic rings. The van der Waals surface area contributed by atoms with Crippen LogP contribution in [0, 0.1) is 19.3 Å². The van der Waals surface area contributed by atoms with E-state index in [1.54, 1.807) is 17.5 Å². The largest absolute Gasteiger partial charge is 0.493 e. The number of pyridine rings is 3. The summed E-state index contributed by atoms with van der Waals surface area (Å²) in [6.45, 7) is 15.9. The van der Waals surface area contributed by atoms with E-state index in [-0.39, 0.29) is 51.0 Å². The summed E-state index contributed by atoms with van der Waals surface area (Å²) in [4.78, 5) is 61.9. The van der Waals surface area contributed by atoms with Crippen molar-refractivity contribution in [3.63, 3.8) is 0 Å². The molecule has 464 valence electrons. The Labute approximate surface area is 521 Å². The van der Waals surface area contributed by atoms with Crippen LogP contribution in [0.25, 0.3) is 56.2 Å². The van der Waals surface area contributed by atoms with Crippen LogP contribution in [0.1, 0.15) is 98.9 Å². The van der Waals surface area contributed by atoms with E-state index < -0.39 is 29.5 Å². The molecule has 0 spiro atoms. The average molecular weight is 1210 g/mol. The summed E-state index contributed by atoms with van der Waals surface area (Å²) in [5.74, 6) is -0.383. The summed E-state index contributed by atoms with van der Waals surface area (Å²) < 4.78 is 29.2. The molecule has 88 heavy (non-hydrogen) atoms. The van der Waals surface area contributed by atoms with Crippen LogP contribution in [-0.2, 0) is 52.7 Å². The molecular weight excluding hydrogens is 1130 g/mol. The van der Waals surface area contributed by atoms with Gasteiger partial charge in [-0.15, -0.1) is 11.3 Å². The number of carbonyl (C=O) groups excluding carboxylic acids is 3. The SMILES string of the molecule is CCCOc1cc(NCCOCCOCCOCCOCCC(=O)N[C@H](C(=O)N2C[C@H](O)C[C@H]2C(=O)NCc2ccc(-c3scnc3C)cc2)C(C)(C)C)ccc1-c1ncc(-c2ncc(-c3cccnc3)cc2/C=C/c2ccc3c(c2)CCCC3)cc1C. The van der Waals surface area contributed by atoms with Crippen LogP contribution in [0.4, 0.5) is 5.69 Å². The summed E-state index contributed by atoms with van der Waals surface area (Å²) in [6, 6.07) is 27.4. The van der Waals surface area contributed by atoms with Crippen LogP contribution in [0.3, 0.4) is 0 Å². The molecule has 3 aromatic carbocycles. The average Bonchev–Trinajstić information content (AvgIpc) is 4.39. The van der Waals surface area contributed by atoms with Gasteiger partial charge >= 0.3 is 0 Å². The summed E-state index contributed by atoms with van der Waals surface area (Å²) in [6.07, 6.45) is 16.8. The molecular formula is C70H84N8O9S. The third-order valence-electron chi connectivity index (χ3n) is 15.7. The van der Waals surface area contributed by atoms with Crippen LogP contribution in [0.5, 0.6) is 5.75 Å². The highest BCUT2D eigenvalue weighted by atomic mass is 32.1. The Balaban J connectivity index is 0.658. The molecule has 0 radical (unpaired) electrons. The van der Waals surface area contributed by atoms with Crippen LogP contribution >= 0.6 is 11.3 Å². The second-order valence-electron chi connectivity index (χ2n) is 23.5. The Bertz CT molecular complexity index is 3460. The number of rotatable bonds is 30. The molecule has 1 aliphatic carbocycles. The number of thiazole rings is 1. The minimum absolute atomic E-state index is 0.00482. The van der Waals surface area contributed by atoms with Crippen molar-refractivity contribution in [3.8, 4) is 49.8 Å². The molecule has 4 N–H and O–H groups in total. The normalized spacial score (nSPS) is 15.3. The molecule has 1 fully saturated rings. The first-order chi connectivity index (χ1) is 42.7. The number of aliphatic hydroxyl groups excluding tert-OH is 1. The molecule has 1 aliphatic heterocycles. The monoisotopic (exact) mass is 1210 g/mol. The molecule has 4 aromatic heterocycles. The number of carbonyl (C=O) groups is 3. The van der Waals surface area contributed by atoms with Gasteiger partial charge in [0.15, 0.2) is 0 Å². The van der Waals surface area contributed by atoms with Crippen molar-refractivity contribution in [2.45, 2.75) is 111 Å². The van der Waals surface area contributed by atoms with Gasteiger partial charge in [-0.1, -0.05) is 88.4 Å². The van der Waals surface area contributed by atoms with Crippen molar-refractivity contribution >= 4 is 46.9 Å². The first-order valence-electron chi connectivity index (χ1n) is 30.8. The maximum Gasteiger partial charge on any atom is 0.246 e. The third-order valence-corrected chi connectivity index (χ3v) is 16.6. The first-order valence-corrected chi connectivity index (χ1v) is 31.6. The molecule has 3 atom stereocenters. The number of ether oxygens (including phenoxy) is 5. The zero-order chi connectivity index (χ0) is 61.8. The second-order valence-corrected chi connectivity index (χ2v) is 24.3. The van der Waals surface area contributed by atoms with Gasteiger partial charge in [0.05, 0.1) is 93.0 Å². The van der Waals surface area contributed by atoms with Gasteiger partial charge < -0.3 is 49.6 Å². The molecule has 0 bridgehead atoms. The van der Waals surface area contributed by atoms with Crippen LogP contribution in [0.15, 0.2) is 115 Å². The lowest BCUT2D eigenvalue weighted by Crippen LogP contribution is -2.57. The minimum Gasteiger partial charge on any atom is -0.493 e. The van der Waals surface area contributed by atoms with Crippen molar-refractivity contribution in [1.82, 2.24) is 35.5 Å². The smallest absolute Gasteiger partial charge is 0.246 e. The van der Waals surface area contributed by atoms with Gasteiger partial charge in [-0.25, -0.2) is 4.98 Å². The molecule has 17 nitrogen and oxygen atoms in total. The van der Waals surface area contributed by atoms with Gasteiger partial charge in [0.1, 0.15) is 17.8 Å². The van der Waals surface area contributed by atoms with Gasteiger partial charge in [-0.05, 0) is 115 Å². The van der Waals surface area contributed by atoms with Crippen molar-refractivity contribution < 1.29 is 43.2 Å². The molecule has 3 amide bonds. The lowest BCUT2D eigenvalue weighted by molar-refractivity contribution is -0.144. The maximum absolute atomic E-state index is 14.0. The molecule has 18 heteroatoms. The van der Waals surface area contributed by atoms with Crippen LogP contribution in [-0.4, -0.2) is 138 Å². The number of aryl methyl sites for hydroxylation is 4. The van der Waals surface area contributed by atoms with E-state index >= 15 is 0 Å². The number of fused-ring (bicyclic) bond motifs is 1. The van der Waals surface area contributed by atoms with Gasteiger partial charge in [0.2, 0.25) is 17.7 Å². The number of hydrogen-bond acceptors (Lipinski definition) is 15. The van der Waals surface area contributed by atoms with Gasteiger partial charge in [0.25, 0.3) is 0 Å². The van der Waals surface area contributed by atoms with E-state index in [2.05, 4.69) is 94.4 Å². The molecule has 5 heterocycles. The number of aromatic nitrogens is 4. The van der Waals surface area contributed by atoms with Crippen molar-refractivity contribution in [2.75, 3.05) is 77.9 Å². The topological polar surface area (TPSA) is 208 Å². The zero-order valence-electron chi connectivity index (χ0n) is 51.6. The Morgan fingerprint density at radius 3 is 2.18 bits per heavy atom. The number of benzene rings is 3. The Morgan fingerprint density at radius 2 is 1.48 bits per heavy atom. The summed E-state index contributed by atoms with van der Waals surface area (Å²) >= 11 is 1.58. The fourth-order valence-electron chi connectivity index (χ4n) is 10.9. The maximum atomic E-state index is 14.0. The zero-order valence-corrected chi connectivity index (χ0v) is 52.5. The Kier molecular flexibility index (Phi) is 23.5. The van der Waals surface area contributed by atoms with Crippen molar-refractivity contribution in [2.24, 2.45) is 5.41 Å². The number of hydrogen-bond donors (Lipinski definition) is 4. The van der Waals surface area contributed by atoms with Crippen molar-refractivity contribution in [3.05, 3.63) is 154 Å². The van der Waals surface area contributed by atoms with Gasteiger partial charge in [0, 0.05) is 96.8 Å². The van der Waals surface area contributed by atoms with E-state index in [1.165, 1.54) is 34.4 Å². The number of anilines is 1. The summed E-state index contributed by atoms with van der Waals surface area (Å²) in [5, 5.41) is 19.9. The molecule has 1 saturated heterocycles. The fraction of sp³-hybridized carbons (Fsp3) is 0.414. The fourth-order valence-corrected chi connectivity index (χ4v) is 11.7. The number of β-amino-alcohol motifs (C(OH)–C–C–N with tert-alkyl or cyclic N) is 1. The quantitative estimate of drug-likeness (QED) is 0.0309. The predicted molar refractivity (Wildman–Crippen MR) is 347 cm³/mol.